The summed E-state index contributed by atoms with van der Waals surface area (Å²) in [4.78, 5) is 24.7. The van der Waals surface area contributed by atoms with Crippen LogP contribution in [0.1, 0.15) is 37.8 Å². The standard InChI is InChI=1S/C23H26N2O4/c1-16-14-20(22(26)15-29-23(27)21-6-5-12-24(21)3)17(2)25(16)13-11-18-7-9-19(28-4)10-8-18/h5-10,12,14H,11,13,15H2,1-4H3. The molecular weight excluding hydrogens is 368 g/mol. The largest absolute Gasteiger partial charge is 0.497 e. The van der Waals surface area contributed by atoms with Crippen molar-refractivity contribution in [2.24, 2.45) is 7.05 Å². The van der Waals surface area contributed by atoms with Gasteiger partial charge in [0.15, 0.2) is 6.61 Å². The number of aryl methyl sites for hydroxylation is 3. The van der Waals surface area contributed by atoms with Gasteiger partial charge in [0, 0.05) is 36.7 Å². The molecule has 2 heterocycles. The van der Waals surface area contributed by atoms with Crippen LogP contribution >= 0.6 is 0 Å². The lowest BCUT2D eigenvalue weighted by molar-refractivity contribution is 0.0465. The molecular formula is C23H26N2O4. The second-order valence-electron chi connectivity index (χ2n) is 7.04. The van der Waals surface area contributed by atoms with Gasteiger partial charge in [0.1, 0.15) is 11.4 Å². The van der Waals surface area contributed by atoms with E-state index in [0.29, 0.717) is 11.3 Å². The Balaban J connectivity index is 1.63. The van der Waals surface area contributed by atoms with E-state index >= 15 is 0 Å². The number of esters is 1. The molecule has 0 aliphatic heterocycles. The van der Waals surface area contributed by atoms with Crippen molar-refractivity contribution in [3.05, 3.63) is 76.9 Å². The monoisotopic (exact) mass is 394 g/mol. The van der Waals surface area contributed by atoms with E-state index in [0.717, 1.165) is 30.1 Å². The van der Waals surface area contributed by atoms with Gasteiger partial charge >= 0.3 is 5.97 Å². The molecule has 1 aromatic carbocycles. The Labute approximate surface area is 170 Å². The zero-order valence-corrected chi connectivity index (χ0v) is 17.3. The summed E-state index contributed by atoms with van der Waals surface area (Å²) in [6.45, 7) is 4.40. The molecule has 29 heavy (non-hydrogen) atoms. The van der Waals surface area contributed by atoms with Gasteiger partial charge in [0.2, 0.25) is 5.78 Å². The van der Waals surface area contributed by atoms with Crippen LogP contribution in [-0.4, -0.2) is 34.6 Å². The smallest absolute Gasteiger partial charge is 0.355 e. The molecule has 3 aromatic rings. The topological polar surface area (TPSA) is 62.5 Å². The Kier molecular flexibility index (Phi) is 6.22. The van der Waals surface area contributed by atoms with Gasteiger partial charge in [-0.2, -0.15) is 0 Å². The molecule has 3 rings (SSSR count). The van der Waals surface area contributed by atoms with Crippen LogP contribution in [0.2, 0.25) is 0 Å². The van der Waals surface area contributed by atoms with Crippen LogP contribution in [0.25, 0.3) is 0 Å². The first-order chi connectivity index (χ1) is 13.9. The van der Waals surface area contributed by atoms with Crippen molar-refractivity contribution in [1.82, 2.24) is 9.13 Å². The predicted molar refractivity (Wildman–Crippen MR) is 111 cm³/mol. The Morgan fingerprint density at radius 2 is 1.79 bits per heavy atom. The normalized spacial score (nSPS) is 10.8. The lowest BCUT2D eigenvalue weighted by Gasteiger charge is -2.10. The zero-order valence-electron chi connectivity index (χ0n) is 17.3. The van der Waals surface area contributed by atoms with E-state index in [1.165, 1.54) is 5.56 Å². The average molecular weight is 394 g/mol. The number of hydrogen-bond donors (Lipinski definition) is 0. The molecule has 6 nitrogen and oxygen atoms in total. The van der Waals surface area contributed by atoms with Gasteiger partial charge in [0.25, 0.3) is 0 Å². The molecule has 0 spiro atoms. The predicted octanol–water partition coefficient (Wildman–Crippen LogP) is 3.73. The molecule has 2 aromatic heterocycles. The molecule has 0 N–H and O–H groups in total. The Hall–Kier alpha value is -3.28. The molecule has 0 amide bonds. The third-order valence-corrected chi connectivity index (χ3v) is 5.14. The Morgan fingerprint density at radius 3 is 2.41 bits per heavy atom. The fourth-order valence-corrected chi connectivity index (χ4v) is 3.42. The highest BCUT2D eigenvalue weighted by atomic mass is 16.5. The van der Waals surface area contributed by atoms with E-state index in [1.54, 1.807) is 37.1 Å². The van der Waals surface area contributed by atoms with E-state index in [1.807, 2.05) is 44.2 Å². The maximum atomic E-state index is 12.6. The molecule has 0 saturated carbocycles. The van der Waals surface area contributed by atoms with Gasteiger partial charge in [-0.25, -0.2) is 4.79 Å². The summed E-state index contributed by atoms with van der Waals surface area (Å²) in [6.07, 6.45) is 2.60. The minimum absolute atomic E-state index is 0.198. The van der Waals surface area contributed by atoms with Crippen LogP contribution in [0.5, 0.6) is 5.75 Å². The third kappa shape index (κ3) is 4.59. The van der Waals surface area contributed by atoms with Crippen molar-refractivity contribution in [3.63, 3.8) is 0 Å². The summed E-state index contributed by atoms with van der Waals surface area (Å²) in [5, 5.41) is 0. The van der Waals surface area contributed by atoms with Crippen LogP contribution in [0.3, 0.4) is 0 Å². The number of hydrogen-bond acceptors (Lipinski definition) is 4. The van der Waals surface area contributed by atoms with E-state index in [-0.39, 0.29) is 12.4 Å². The van der Waals surface area contributed by atoms with Crippen molar-refractivity contribution < 1.29 is 19.1 Å². The van der Waals surface area contributed by atoms with Crippen LogP contribution < -0.4 is 4.74 Å². The number of carbonyl (C=O) groups excluding carboxylic acids is 2. The minimum Gasteiger partial charge on any atom is -0.497 e. The van der Waals surface area contributed by atoms with Gasteiger partial charge in [-0.05, 0) is 56.2 Å². The molecule has 0 bridgehead atoms. The number of carbonyl (C=O) groups is 2. The number of Topliss-reactive ketones (excluding diaryl/α,β-unsaturated/α-hetero) is 1. The number of ether oxygens (including phenoxy) is 2. The molecule has 152 valence electrons. The molecule has 6 heteroatoms. The van der Waals surface area contributed by atoms with Gasteiger partial charge in [-0.15, -0.1) is 0 Å². The first kappa shape index (κ1) is 20.5. The number of aromatic nitrogens is 2. The third-order valence-electron chi connectivity index (χ3n) is 5.14. The molecule has 0 unspecified atom stereocenters. The molecule has 0 fully saturated rings. The van der Waals surface area contributed by atoms with Crippen molar-refractivity contribution in [3.8, 4) is 5.75 Å². The number of rotatable bonds is 8. The number of ketones is 1. The van der Waals surface area contributed by atoms with Crippen molar-refractivity contribution in [2.75, 3.05) is 13.7 Å². The summed E-state index contributed by atoms with van der Waals surface area (Å²) < 4.78 is 14.2. The van der Waals surface area contributed by atoms with Crippen molar-refractivity contribution in [1.29, 1.82) is 0 Å². The van der Waals surface area contributed by atoms with Crippen LogP contribution in [0.4, 0.5) is 0 Å². The number of methoxy groups -OCH3 is 1. The van der Waals surface area contributed by atoms with Crippen molar-refractivity contribution in [2.45, 2.75) is 26.8 Å². The summed E-state index contributed by atoms with van der Waals surface area (Å²) in [6, 6.07) is 13.3. The lowest BCUT2D eigenvalue weighted by atomic mass is 10.1. The average Bonchev–Trinajstić information content (AvgIpc) is 3.27. The summed E-state index contributed by atoms with van der Waals surface area (Å²) >= 11 is 0. The van der Waals surface area contributed by atoms with Crippen molar-refractivity contribution >= 4 is 11.8 Å². The maximum absolute atomic E-state index is 12.6. The fraction of sp³-hybridized carbons (Fsp3) is 0.304. The SMILES string of the molecule is COc1ccc(CCn2c(C)cc(C(=O)COC(=O)c3cccn3C)c2C)cc1. The van der Waals surface area contributed by atoms with E-state index in [9.17, 15) is 9.59 Å². The van der Waals surface area contributed by atoms with Crippen LogP contribution in [0, 0.1) is 13.8 Å². The first-order valence-electron chi connectivity index (χ1n) is 9.52. The van der Waals surface area contributed by atoms with Crippen LogP contribution in [-0.2, 0) is 24.8 Å². The second kappa shape index (κ2) is 8.82. The van der Waals surface area contributed by atoms with Crippen LogP contribution in [0.15, 0.2) is 48.7 Å². The molecule has 0 radical (unpaired) electrons. The second-order valence-corrected chi connectivity index (χ2v) is 7.04. The van der Waals surface area contributed by atoms with E-state index < -0.39 is 5.97 Å². The van der Waals surface area contributed by atoms with E-state index in [4.69, 9.17) is 9.47 Å². The van der Waals surface area contributed by atoms with E-state index in [2.05, 4.69) is 4.57 Å². The molecule has 0 atom stereocenters. The van der Waals surface area contributed by atoms with Gasteiger partial charge < -0.3 is 18.6 Å². The highest BCUT2D eigenvalue weighted by Gasteiger charge is 2.18. The first-order valence-corrected chi connectivity index (χ1v) is 9.52. The Morgan fingerprint density at radius 1 is 1.07 bits per heavy atom. The molecule has 0 saturated heterocycles. The zero-order chi connectivity index (χ0) is 21.0. The summed E-state index contributed by atoms with van der Waals surface area (Å²) in [5.41, 5.74) is 4.10. The number of benzene rings is 1. The van der Waals surface area contributed by atoms with Gasteiger partial charge in [0.05, 0.1) is 7.11 Å². The molecule has 0 aliphatic rings. The minimum atomic E-state index is -0.501. The lowest BCUT2D eigenvalue weighted by Crippen LogP contribution is -2.17. The quantitative estimate of drug-likeness (QED) is 0.431. The highest BCUT2D eigenvalue weighted by molar-refractivity contribution is 6.00. The van der Waals surface area contributed by atoms with Gasteiger partial charge in [-0.1, -0.05) is 12.1 Å². The molecule has 0 aliphatic carbocycles. The van der Waals surface area contributed by atoms with Gasteiger partial charge in [-0.3, -0.25) is 4.79 Å². The fourth-order valence-electron chi connectivity index (χ4n) is 3.42. The summed E-state index contributed by atoms with van der Waals surface area (Å²) in [7, 11) is 3.41. The maximum Gasteiger partial charge on any atom is 0.355 e. The number of nitrogens with zero attached hydrogens (tertiary/aromatic N) is 2. The summed E-state index contributed by atoms with van der Waals surface area (Å²) in [5.74, 6) is 0.135. The Bertz CT molecular complexity index is 1010. The highest BCUT2D eigenvalue weighted by Crippen LogP contribution is 2.18.